The maximum Gasteiger partial charge on any atom is 0.108 e. The molecular formula is C12H22N2O2. The summed E-state index contributed by atoms with van der Waals surface area (Å²) in [6, 6.07) is 0. The van der Waals surface area contributed by atoms with E-state index in [9.17, 15) is 5.11 Å². The molecule has 0 aliphatic heterocycles. The number of aliphatic hydroxyl groups is 1. The van der Waals surface area contributed by atoms with Crippen molar-refractivity contribution in [2.45, 2.75) is 44.8 Å². The van der Waals surface area contributed by atoms with Crippen molar-refractivity contribution in [1.29, 1.82) is 0 Å². The normalized spacial score (nSPS) is 15.0. The lowest BCUT2D eigenvalue weighted by atomic mass is 10.0. The molecule has 1 aromatic heterocycles. The predicted molar refractivity (Wildman–Crippen MR) is 63.2 cm³/mol. The Morgan fingerprint density at radius 2 is 2.25 bits per heavy atom. The summed E-state index contributed by atoms with van der Waals surface area (Å²) in [6.07, 6.45) is 6.66. The number of aliphatic hydroxyl groups excluding tert-OH is 1. The van der Waals surface area contributed by atoms with Crippen LogP contribution >= 0.6 is 0 Å². The van der Waals surface area contributed by atoms with Gasteiger partial charge in [0, 0.05) is 33.0 Å². The first kappa shape index (κ1) is 13.2. The van der Waals surface area contributed by atoms with Gasteiger partial charge in [0.15, 0.2) is 0 Å². The minimum Gasteiger partial charge on any atom is -0.390 e. The molecule has 0 saturated heterocycles. The number of hydrogen-bond donors (Lipinski definition) is 1. The third-order valence-electron chi connectivity index (χ3n) is 2.89. The SMILES string of the molecule is CCCC(OC)C(O)CCc1nccn1C. The summed E-state index contributed by atoms with van der Waals surface area (Å²) >= 11 is 0. The van der Waals surface area contributed by atoms with Gasteiger partial charge in [0.2, 0.25) is 0 Å². The zero-order valence-electron chi connectivity index (χ0n) is 10.4. The molecule has 0 aliphatic carbocycles. The van der Waals surface area contributed by atoms with E-state index >= 15 is 0 Å². The predicted octanol–water partition coefficient (Wildman–Crippen LogP) is 1.53. The molecule has 2 atom stereocenters. The van der Waals surface area contributed by atoms with Gasteiger partial charge in [0.25, 0.3) is 0 Å². The number of rotatable bonds is 7. The van der Waals surface area contributed by atoms with E-state index in [1.165, 1.54) is 0 Å². The standard InChI is InChI=1S/C12H22N2O2/c1-4-5-11(16-3)10(15)6-7-12-13-8-9-14(12)2/h8-11,15H,4-7H2,1-3H3. The van der Waals surface area contributed by atoms with Crippen LogP contribution in [-0.2, 0) is 18.2 Å². The van der Waals surface area contributed by atoms with Gasteiger partial charge >= 0.3 is 0 Å². The van der Waals surface area contributed by atoms with Crippen LogP contribution in [0.15, 0.2) is 12.4 Å². The summed E-state index contributed by atoms with van der Waals surface area (Å²) in [5, 5.41) is 9.97. The molecule has 16 heavy (non-hydrogen) atoms. The Morgan fingerprint density at radius 3 is 2.75 bits per heavy atom. The van der Waals surface area contributed by atoms with Crippen molar-refractivity contribution in [3.63, 3.8) is 0 Å². The molecule has 2 unspecified atom stereocenters. The average molecular weight is 226 g/mol. The number of methoxy groups -OCH3 is 1. The van der Waals surface area contributed by atoms with E-state index < -0.39 is 6.10 Å². The van der Waals surface area contributed by atoms with Crippen LogP contribution in [0.5, 0.6) is 0 Å². The quantitative estimate of drug-likeness (QED) is 0.767. The first-order valence-corrected chi connectivity index (χ1v) is 5.86. The third-order valence-corrected chi connectivity index (χ3v) is 2.89. The van der Waals surface area contributed by atoms with E-state index in [0.29, 0.717) is 6.42 Å². The Balaban J connectivity index is 2.39. The van der Waals surface area contributed by atoms with E-state index in [4.69, 9.17) is 4.74 Å². The second-order valence-electron chi connectivity index (χ2n) is 4.12. The van der Waals surface area contributed by atoms with Gasteiger partial charge in [0.1, 0.15) is 5.82 Å². The molecule has 4 heteroatoms. The highest BCUT2D eigenvalue weighted by atomic mass is 16.5. The van der Waals surface area contributed by atoms with Gasteiger partial charge in [-0.25, -0.2) is 4.98 Å². The van der Waals surface area contributed by atoms with E-state index in [0.717, 1.165) is 25.1 Å². The van der Waals surface area contributed by atoms with Gasteiger partial charge in [0.05, 0.1) is 12.2 Å². The molecule has 0 radical (unpaired) electrons. The summed E-state index contributed by atoms with van der Waals surface area (Å²) in [5.41, 5.74) is 0. The minimum absolute atomic E-state index is 0.0507. The number of aryl methyl sites for hydroxylation is 2. The zero-order valence-corrected chi connectivity index (χ0v) is 10.4. The van der Waals surface area contributed by atoms with Crippen LogP contribution in [0.4, 0.5) is 0 Å². The lowest BCUT2D eigenvalue weighted by molar-refractivity contribution is -0.0202. The van der Waals surface area contributed by atoms with E-state index in [2.05, 4.69) is 11.9 Å². The molecule has 1 aromatic rings. The van der Waals surface area contributed by atoms with Crippen LogP contribution in [0.1, 0.15) is 32.0 Å². The average Bonchev–Trinajstić information content (AvgIpc) is 2.68. The van der Waals surface area contributed by atoms with Crippen LogP contribution < -0.4 is 0 Å². The smallest absolute Gasteiger partial charge is 0.108 e. The fourth-order valence-electron chi connectivity index (χ4n) is 1.85. The molecule has 1 heterocycles. The topological polar surface area (TPSA) is 47.3 Å². The van der Waals surface area contributed by atoms with E-state index in [1.54, 1.807) is 13.3 Å². The van der Waals surface area contributed by atoms with Crippen molar-refractivity contribution < 1.29 is 9.84 Å². The summed E-state index contributed by atoms with van der Waals surface area (Å²) in [5.74, 6) is 1.01. The largest absolute Gasteiger partial charge is 0.390 e. The van der Waals surface area contributed by atoms with Gasteiger partial charge in [-0.1, -0.05) is 13.3 Å². The Kier molecular flexibility index (Phi) is 5.49. The van der Waals surface area contributed by atoms with Crippen molar-refractivity contribution in [3.05, 3.63) is 18.2 Å². The molecule has 0 fully saturated rings. The highest BCUT2D eigenvalue weighted by Crippen LogP contribution is 2.12. The number of aromatic nitrogens is 2. The summed E-state index contributed by atoms with van der Waals surface area (Å²) in [7, 11) is 3.62. The molecule has 4 nitrogen and oxygen atoms in total. The summed E-state index contributed by atoms with van der Waals surface area (Å²) in [4.78, 5) is 4.23. The molecule has 92 valence electrons. The van der Waals surface area contributed by atoms with Crippen LogP contribution in [-0.4, -0.2) is 34.0 Å². The van der Waals surface area contributed by atoms with Crippen molar-refractivity contribution in [3.8, 4) is 0 Å². The van der Waals surface area contributed by atoms with Gasteiger partial charge in [-0.2, -0.15) is 0 Å². The van der Waals surface area contributed by atoms with Crippen LogP contribution in [0.2, 0.25) is 0 Å². The van der Waals surface area contributed by atoms with Crippen molar-refractivity contribution in [1.82, 2.24) is 9.55 Å². The Hall–Kier alpha value is -0.870. The summed E-state index contributed by atoms with van der Waals surface area (Å²) in [6.45, 7) is 2.09. The molecule has 0 spiro atoms. The summed E-state index contributed by atoms with van der Waals surface area (Å²) < 4.78 is 7.26. The van der Waals surface area contributed by atoms with Crippen LogP contribution in [0.3, 0.4) is 0 Å². The maximum absolute atomic E-state index is 9.97. The zero-order chi connectivity index (χ0) is 12.0. The molecule has 0 saturated carbocycles. The lowest BCUT2D eigenvalue weighted by Crippen LogP contribution is -2.28. The van der Waals surface area contributed by atoms with Crippen LogP contribution in [0.25, 0.3) is 0 Å². The van der Waals surface area contributed by atoms with Gasteiger partial charge in [-0.3, -0.25) is 0 Å². The first-order chi connectivity index (χ1) is 7.69. The lowest BCUT2D eigenvalue weighted by Gasteiger charge is -2.20. The van der Waals surface area contributed by atoms with E-state index in [-0.39, 0.29) is 6.10 Å². The molecule has 0 amide bonds. The fourth-order valence-corrected chi connectivity index (χ4v) is 1.85. The Morgan fingerprint density at radius 1 is 1.50 bits per heavy atom. The first-order valence-electron chi connectivity index (χ1n) is 5.86. The second-order valence-corrected chi connectivity index (χ2v) is 4.12. The molecule has 0 bridgehead atoms. The third kappa shape index (κ3) is 3.61. The van der Waals surface area contributed by atoms with Crippen LogP contribution in [0, 0.1) is 0 Å². The minimum atomic E-state index is -0.401. The highest BCUT2D eigenvalue weighted by molar-refractivity contribution is 4.92. The van der Waals surface area contributed by atoms with Gasteiger partial charge in [-0.05, 0) is 12.8 Å². The number of ether oxygens (including phenoxy) is 1. The number of nitrogens with zero attached hydrogens (tertiary/aromatic N) is 2. The fraction of sp³-hybridized carbons (Fsp3) is 0.750. The molecule has 1 N–H and O–H groups in total. The van der Waals surface area contributed by atoms with Crippen molar-refractivity contribution >= 4 is 0 Å². The maximum atomic E-state index is 9.97. The van der Waals surface area contributed by atoms with Gasteiger partial charge in [-0.15, -0.1) is 0 Å². The molecular weight excluding hydrogens is 204 g/mol. The number of hydrogen-bond acceptors (Lipinski definition) is 3. The molecule has 0 aliphatic rings. The Bertz CT molecular complexity index is 299. The number of imidazole rings is 1. The van der Waals surface area contributed by atoms with E-state index in [1.807, 2.05) is 17.8 Å². The Labute approximate surface area is 97.3 Å². The van der Waals surface area contributed by atoms with Crippen molar-refractivity contribution in [2.24, 2.45) is 7.05 Å². The van der Waals surface area contributed by atoms with Gasteiger partial charge < -0.3 is 14.4 Å². The highest BCUT2D eigenvalue weighted by Gasteiger charge is 2.18. The second kappa shape index (κ2) is 6.66. The molecule has 0 aromatic carbocycles. The molecule has 1 rings (SSSR count). The van der Waals surface area contributed by atoms with Crippen molar-refractivity contribution in [2.75, 3.05) is 7.11 Å². The monoisotopic (exact) mass is 226 g/mol.